The molecule has 6 heteroatoms. The topological polar surface area (TPSA) is 49.4 Å². The molecule has 1 saturated heterocycles. The van der Waals surface area contributed by atoms with E-state index in [-0.39, 0.29) is 23.3 Å². The highest BCUT2D eigenvalue weighted by atomic mass is 35.5. The van der Waals surface area contributed by atoms with Gasteiger partial charge in [-0.2, -0.15) is 0 Å². The van der Waals surface area contributed by atoms with Gasteiger partial charge in [0.25, 0.3) is 0 Å². The molecule has 0 spiro atoms. The summed E-state index contributed by atoms with van der Waals surface area (Å²) < 4.78 is 0. The minimum Gasteiger partial charge on any atom is -0.353 e. The van der Waals surface area contributed by atoms with Gasteiger partial charge in [-0.05, 0) is 30.5 Å². The second kappa shape index (κ2) is 6.84. The van der Waals surface area contributed by atoms with Crippen LogP contribution in [0.25, 0.3) is 0 Å². The average molecular weight is 381 g/mol. The zero-order valence-corrected chi connectivity index (χ0v) is 16.5. The van der Waals surface area contributed by atoms with Crippen molar-refractivity contribution in [2.45, 2.75) is 45.1 Å². The molecule has 1 N–H and O–H groups in total. The second-order valence-corrected chi connectivity index (χ2v) is 9.48. The fourth-order valence-corrected chi connectivity index (χ4v) is 4.47. The highest BCUT2D eigenvalue weighted by Gasteiger charge is 2.45. The van der Waals surface area contributed by atoms with Crippen molar-refractivity contribution in [3.05, 3.63) is 34.9 Å². The van der Waals surface area contributed by atoms with Gasteiger partial charge in [-0.3, -0.25) is 9.59 Å². The van der Waals surface area contributed by atoms with Crippen LogP contribution in [0.2, 0.25) is 5.02 Å². The van der Waals surface area contributed by atoms with Crippen LogP contribution in [0.5, 0.6) is 0 Å². The SMILES string of the molecule is CC(C)(C)C(=O)N1CSCC1C(=O)NCC1(c2ccc(Cl)cc2)CC1. The van der Waals surface area contributed by atoms with Crippen LogP contribution in [0, 0.1) is 5.41 Å². The summed E-state index contributed by atoms with van der Waals surface area (Å²) in [4.78, 5) is 27.0. The van der Waals surface area contributed by atoms with E-state index in [9.17, 15) is 9.59 Å². The number of benzene rings is 1. The summed E-state index contributed by atoms with van der Waals surface area (Å²) in [6.07, 6.45) is 2.14. The van der Waals surface area contributed by atoms with E-state index in [4.69, 9.17) is 11.6 Å². The van der Waals surface area contributed by atoms with Crippen LogP contribution < -0.4 is 5.32 Å². The fraction of sp³-hybridized carbons (Fsp3) is 0.579. The van der Waals surface area contributed by atoms with Crippen molar-refractivity contribution in [1.29, 1.82) is 0 Å². The molecule has 2 amide bonds. The number of carbonyl (C=O) groups excluding carboxylic acids is 2. The van der Waals surface area contributed by atoms with Crippen molar-refractivity contribution in [3.8, 4) is 0 Å². The molecule has 25 heavy (non-hydrogen) atoms. The van der Waals surface area contributed by atoms with E-state index in [1.807, 2.05) is 45.0 Å². The Morgan fingerprint density at radius 1 is 1.28 bits per heavy atom. The Kier molecular flexibility index (Phi) is 5.09. The minimum absolute atomic E-state index is 0.0326. The number of hydrogen-bond acceptors (Lipinski definition) is 3. The third kappa shape index (κ3) is 3.98. The van der Waals surface area contributed by atoms with E-state index in [2.05, 4.69) is 5.32 Å². The van der Waals surface area contributed by atoms with Crippen LogP contribution in [0.1, 0.15) is 39.2 Å². The first-order chi connectivity index (χ1) is 11.7. The number of halogens is 1. The summed E-state index contributed by atoms with van der Waals surface area (Å²) in [6, 6.07) is 7.52. The largest absolute Gasteiger partial charge is 0.353 e. The summed E-state index contributed by atoms with van der Waals surface area (Å²) in [6.45, 7) is 6.30. The predicted molar refractivity (Wildman–Crippen MR) is 103 cm³/mol. The molecule has 4 nitrogen and oxygen atoms in total. The van der Waals surface area contributed by atoms with Crippen molar-refractivity contribution in [2.24, 2.45) is 5.41 Å². The van der Waals surface area contributed by atoms with Gasteiger partial charge < -0.3 is 10.2 Å². The monoisotopic (exact) mass is 380 g/mol. The Morgan fingerprint density at radius 2 is 1.92 bits per heavy atom. The molecule has 0 bridgehead atoms. The number of amides is 2. The minimum atomic E-state index is -0.468. The van der Waals surface area contributed by atoms with Gasteiger partial charge in [-0.25, -0.2) is 0 Å². The number of hydrogen-bond donors (Lipinski definition) is 1. The Bertz CT molecular complexity index is 665. The second-order valence-electron chi connectivity index (χ2n) is 8.05. The molecule has 0 radical (unpaired) electrons. The van der Waals surface area contributed by atoms with Gasteiger partial charge in [0.1, 0.15) is 6.04 Å². The smallest absolute Gasteiger partial charge is 0.243 e. The summed E-state index contributed by atoms with van der Waals surface area (Å²) in [7, 11) is 0. The lowest BCUT2D eigenvalue weighted by Gasteiger charge is -2.30. The fourth-order valence-electron chi connectivity index (χ4n) is 3.19. The molecule has 1 aromatic carbocycles. The van der Waals surface area contributed by atoms with Crippen LogP contribution in [0.4, 0.5) is 0 Å². The van der Waals surface area contributed by atoms with Crippen molar-refractivity contribution < 1.29 is 9.59 Å². The first kappa shape index (κ1) is 18.6. The van der Waals surface area contributed by atoms with Gasteiger partial charge in [0.05, 0.1) is 5.88 Å². The molecular formula is C19H25ClN2O2S. The van der Waals surface area contributed by atoms with E-state index in [1.54, 1.807) is 16.7 Å². The summed E-state index contributed by atoms with van der Waals surface area (Å²) in [5.74, 6) is 1.26. The van der Waals surface area contributed by atoms with Crippen molar-refractivity contribution >= 4 is 35.2 Å². The van der Waals surface area contributed by atoms with E-state index in [1.165, 1.54) is 5.56 Å². The Labute approximate surface area is 158 Å². The van der Waals surface area contributed by atoms with Crippen molar-refractivity contribution in [2.75, 3.05) is 18.2 Å². The lowest BCUT2D eigenvalue weighted by molar-refractivity contribution is -0.144. The average Bonchev–Trinajstić information content (AvgIpc) is 3.19. The maximum absolute atomic E-state index is 12.7. The number of nitrogens with zero attached hydrogens (tertiary/aromatic N) is 1. The zero-order chi connectivity index (χ0) is 18.2. The highest BCUT2D eigenvalue weighted by Crippen LogP contribution is 2.47. The number of rotatable bonds is 4. The van der Waals surface area contributed by atoms with Gasteiger partial charge in [-0.15, -0.1) is 11.8 Å². The standard InChI is InChI=1S/C19H25ClN2O2S/c1-18(2,3)17(24)22-12-25-10-15(22)16(23)21-11-19(8-9-19)13-4-6-14(20)7-5-13/h4-7,15H,8-12H2,1-3H3,(H,21,23). The Morgan fingerprint density at radius 3 is 2.48 bits per heavy atom. The zero-order valence-electron chi connectivity index (χ0n) is 15.0. The van der Waals surface area contributed by atoms with Crippen LogP contribution in [0.3, 0.4) is 0 Å². The molecule has 136 valence electrons. The van der Waals surface area contributed by atoms with Crippen LogP contribution in [0.15, 0.2) is 24.3 Å². The van der Waals surface area contributed by atoms with Gasteiger partial charge in [0.2, 0.25) is 11.8 Å². The third-order valence-corrected chi connectivity index (χ3v) is 6.26. The molecule has 1 aliphatic heterocycles. The van der Waals surface area contributed by atoms with Gasteiger partial charge in [0.15, 0.2) is 0 Å². The van der Waals surface area contributed by atoms with E-state index in [0.717, 1.165) is 17.9 Å². The Balaban J connectivity index is 1.62. The lowest BCUT2D eigenvalue weighted by atomic mass is 9.94. The maximum atomic E-state index is 12.7. The summed E-state index contributed by atoms with van der Waals surface area (Å²) >= 11 is 7.61. The third-order valence-electron chi connectivity index (χ3n) is 5.00. The molecule has 1 atom stereocenters. The lowest BCUT2D eigenvalue weighted by Crippen LogP contribution is -2.51. The molecular weight excluding hydrogens is 356 g/mol. The molecule has 2 fully saturated rings. The first-order valence-corrected chi connectivity index (χ1v) is 10.2. The van der Waals surface area contributed by atoms with Gasteiger partial charge in [-0.1, -0.05) is 44.5 Å². The number of carbonyl (C=O) groups is 2. The van der Waals surface area contributed by atoms with Crippen molar-refractivity contribution in [1.82, 2.24) is 10.2 Å². The highest BCUT2D eigenvalue weighted by molar-refractivity contribution is 7.99. The molecule has 3 rings (SSSR count). The quantitative estimate of drug-likeness (QED) is 0.870. The van der Waals surface area contributed by atoms with Crippen LogP contribution in [-0.2, 0) is 15.0 Å². The van der Waals surface area contributed by atoms with Gasteiger partial charge >= 0.3 is 0 Å². The summed E-state index contributed by atoms with van der Waals surface area (Å²) in [5, 5.41) is 3.82. The van der Waals surface area contributed by atoms with Crippen LogP contribution in [-0.4, -0.2) is 40.9 Å². The maximum Gasteiger partial charge on any atom is 0.243 e. The number of thioether (sulfide) groups is 1. The molecule has 1 aromatic rings. The molecule has 0 aromatic heterocycles. The van der Waals surface area contributed by atoms with E-state index < -0.39 is 5.41 Å². The predicted octanol–water partition coefficient (Wildman–Crippen LogP) is 3.44. The first-order valence-electron chi connectivity index (χ1n) is 8.66. The summed E-state index contributed by atoms with van der Waals surface area (Å²) in [5.41, 5.74) is 0.788. The van der Waals surface area contributed by atoms with Crippen molar-refractivity contribution in [3.63, 3.8) is 0 Å². The molecule has 2 aliphatic rings. The number of nitrogens with one attached hydrogen (secondary N) is 1. The molecule has 1 unspecified atom stereocenters. The molecule has 1 saturated carbocycles. The normalized spacial score (nSPS) is 21.9. The van der Waals surface area contributed by atoms with E-state index in [0.29, 0.717) is 18.2 Å². The van der Waals surface area contributed by atoms with Crippen LogP contribution >= 0.6 is 23.4 Å². The van der Waals surface area contributed by atoms with Gasteiger partial charge in [0, 0.05) is 28.2 Å². The molecule has 1 aliphatic carbocycles. The van der Waals surface area contributed by atoms with E-state index >= 15 is 0 Å². The Hall–Kier alpha value is -1.20. The molecule has 1 heterocycles.